The van der Waals surface area contributed by atoms with Crippen molar-refractivity contribution in [3.8, 4) is 0 Å². The summed E-state index contributed by atoms with van der Waals surface area (Å²) in [6.07, 6.45) is 5.69. The van der Waals surface area contributed by atoms with Crippen LogP contribution in [0, 0.1) is 11.6 Å². The summed E-state index contributed by atoms with van der Waals surface area (Å²) in [6, 6.07) is 7.72. The Labute approximate surface area is 111 Å². The molecule has 0 saturated carbocycles. The highest BCUT2D eigenvalue weighted by molar-refractivity contribution is 5.19. The van der Waals surface area contributed by atoms with Gasteiger partial charge in [-0.05, 0) is 48.6 Å². The summed E-state index contributed by atoms with van der Waals surface area (Å²) in [5.74, 6) is -1.65. The minimum Gasteiger partial charge on any atom is -0.327 e. The summed E-state index contributed by atoms with van der Waals surface area (Å²) >= 11 is 0. The SMILES string of the molecule is NC(CCc1cccnc1)Cc1ccc(F)c(F)c1. The van der Waals surface area contributed by atoms with Crippen LogP contribution in [0.4, 0.5) is 8.78 Å². The van der Waals surface area contributed by atoms with Crippen LogP contribution in [0.5, 0.6) is 0 Å². The maximum Gasteiger partial charge on any atom is 0.159 e. The predicted molar refractivity (Wildman–Crippen MR) is 70.6 cm³/mol. The van der Waals surface area contributed by atoms with Gasteiger partial charge in [-0.2, -0.15) is 0 Å². The van der Waals surface area contributed by atoms with Crippen LogP contribution in [0.1, 0.15) is 17.5 Å². The topological polar surface area (TPSA) is 38.9 Å². The highest BCUT2D eigenvalue weighted by Crippen LogP contribution is 2.12. The summed E-state index contributed by atoms with van der Waals surface area (Å²) in [6.45, 7) is 0. The van der Waals surface area contributed by atoms with Crippen LogP contribution >= 0.6 is 0 Å². The minimum absolute atomic E-state index is 0.0786. The van der Waals surface area contributed by atoms with Crippen molar-refractivity contribution < 1.29 is 8.78 Å². The van der Waals surface area contributed by atoms with Gasteiger partial charge >= 0.3 is 0 Å². The lowest BCUT2D eigenvalue weighted by Gasteiger charge is -2.11. The predicted octanol–water partition coefficient (Wildman–Crippen LogP) is 2.86. The van der Waals surface area contributed by atoms with Gasteiger partial charge in [0.1, 0.15) is 0 Å². The minimum atomic E-state index is -0.826. The molecule has 0 aliphatic carbocycles. The monoisotopic (exact) mass is 262 g/mol. The lowest BCUT2D eigenvalue weighted by Crippen LogP contribution is -2.23. The summed E-state index contributed by atoms with van der Waals surface area (Å²) in [5, 5.41) is 0. The number of rotatable bonds is 5. The molecule has 0 aliphatic heterocycles. The Hall–Kier alpha value is -1.81. The number of aromatic nitrogens is 1. The number of aryl methyl sites for hydroxylation is 1. The normalized spacial score (nSPS) is 12.4. The van der Waals surface area contributed by atoms with Crippen LogP contribution in [0.15, 0.2) is 42.7 Å². The van der Waals surface area contributed by atoms with E-state index in [1.165, 1.54) is 6.07 Å². The molecule has 0 bridgehead atoms. The van der Waals surface area contributed by atoms with Crippen LogP contribution in [0.25, 0.3) is 0 Å². The summed E-state index contributed by atoms with van der Waals surface area (Å²) in [4.78, 5) is 4.04. The Morgan fingerprint density at radius 3 is 2.63 bits per heavy atom. The largest absolute Gasteiger partial charge is 0.327 e. The number of pyridine rings is 1. The molecule has 0 fully saturated rings. The zero-order valence-electron chi connectivity index (χ0n) is 10.5. The maximum absolute atomic E-state index is 13.1. The van der Waals surface area contributed by atoms with Gasteiger partial charge in [0.15, 0.2) is 11.6 Å². The molecule has 1 aromatic heterocycles. The van der Waals surface area contributed by atoms with Crippen LogP contribution in [0.3, 0.4) is 0 Å². The molecular formula is C15H16F2N2. The van der Waals surface area contributed by atoms with Gasteiger partial charge < -0.3 is 5.73 Å². The molecule has 2 nitrogen and oxygen atoms in total. The standard InChI is InChI=1S/C15H16F2N2/c16-14-6-4-12(9-15(14)17)8-13(18)5-3-11-2-1-7-19-10-11/h1-2,4,6-7,9-10,13H,3,5,8,18H2. The third kappa shape index (κ3) is 4.10. The second kappa shape index (κ2) is 6.38. The molecule has 100 valence electrons. The fraction of sp³-hybridized carbons (Fsp3) is 0.267. The van der Waals surface area contributed by atoms with E-state index < -0.39 is 11.6 Å². The number of hydrogen-bond acceptors (Lipinski definition) is 2. The van der Waals surface area contributed by atoms with E-state index in [9.17, 15) is 8.78 Å². The van der Waals surface area contributed by atoms with Gasteiger partial charge in [0.05, 0.1) is 0 Å². The van der Waals surface area contributed by atoms with E-state index in [1.54, 1.807) is 12.3 Å². The number of nitrogens with two attached hydrogens (primary N) is 1. The van der Waals surface area contributed by atoms with Gasteiger partial charge in [0.25, 0.3) is 0 Å². The van der Waals surface area contributed by atoms with Crippen LogP contribution < -0.4 is 5.73 Å². The van der Waals surface area contributed by atoms with Gasteiger partial charge in [0, 0.05) is 18.4 Å². The molecule has 4 heteroatoms. The molecule has 0 spiro atoms. The zero-order valence-corrected chi connectivity index (χ0v) is 10.5. The fourth-order valence-electron chi connectivity index (χ4n) is 1.97. The molecule has 2 aromatic rings. The molecule has 0 aliphatic rings. The summed E-state index contributed by atoms with van der Waals surface area (Å²) in [5.41, 5.74) is 7.85. The van der Waals surface area contributed by atoms with Gasteiger partial charge in [0.2, 0.25) is 0 Å². The highest BCUT2D eigenvalue weighted by atomic mass is 19.2. The summed E-state index contributed by atoms with van der Waals surface area (Å²) in [7, 11) is 0. The van der Waals surface area contributed by atoms with Crippen molar-refractivity contribution in [1.29, 1.82) is 0 Å². The second-order valence-corrected chi connectivity index (χ2v) is 4.61. The van der Waals surface area contributed by atoms with E-state index in [4.69, 9.17) is 5.73 Å². The zero-order chi connectivity index (χ0) is 13.7. The average Bonchev–Trinajstić information content (AvgIpc) is 2.42. The number of hydrogen-bond donors (Lipinski definition) is 1. The molecule has 0 saturated heterocycles. The Bertz CT molecular complexity index is 529. The molecule has 19 heavy (non-hydrogen) atoms. The summed E-state index contributed by atoms with van der Waals surface area (Å²) < 4.78 is 25.8. The molecule has 0 radical (unpaired) electrons. The van der Waals surface area contributed by atoms with E-state index in [2.05, 4.69) is 4.98 Å². The molecule has 1 heterocycles. The van der Waals surface area contributed by atoms with Crippen LogP contribution in [-0.4, -0.2) is 11.0 Å². The smallest absolute Gasteiger partial charge is 0.159 e. The molecule has 2 rings (SSSR count). The van der Waals surface area contributed by atoms with Crippen molar-refractivity contribution in [2.75, 3.05) is 0 Å². The first-order valence-corrected chi connectivity index (χ1v) is 6.23. The Kier molecular flexibility index (Phi) is 4.58. The first-order chi connectivity index (χ1) is 9.15. The van der Waals surface area contributed by atoms with E-state index in [1.807, 2.05) is 18.3 Å². The van der Waals surface area contributed by atoms with Gasteiger partial charge in [-0.3, -0.25) is 4.98 Å². The first-order valence-electron chi connectivity index (χ1n) is 6.23. The Morgan fingerprint density at radius 1 is 1.11 bits per heavy atom. The average molecular weight is 262 g/mol. The van der Waals surface area contributed by atoms with Crippen molar-refractivity contribution in [3.05, 3.63) is 65.5 Å². The number of benzene rings is 1. The highest BCUT2D eigenvalue weighted by Gasteiger charge is 2.08. The molecule has 1 aromatic carbocycles. The lowest BCUT2D eigenvalue weighted by atomic mass is 10.0. The van der Waals surface area contributed by atoms with E-state index >= 15 is 0 Å². The maximum atomic E-state index is 13.1. The van der Waals surface area contributed by atoms with E-state index in [0.717, 1.165) is 30.0 Å². The molecule has 1 atom stereocenters. The number of nitrogens with zero attached hydrogens (tertiary/aromatic N) is 1. The molecule has 1 unspecified atom stereocenters. The van der Waals surface area contributed by atoms with Gasteiger partial charge in [-0.15, -0.1) is 0 Å². The van der Waals surface area contributed by atoms with Crippen LogP contribution in [0.2, 0.25) is 0 Å². The van der Waals surface area contributed by atoms with Crippen molar-refractivity contribution in [3.63, 3.8) is 0 Å². The Morgan fingerprint density at radius 2 is 1.95 bits per heavy atom. The van der Waals surface area contributed by atoms with E-state index in [-0.39, 0.29) is 6.04 Å². The van der Waals surface area contributed by atoms with Crippen molar-refractivity contribution in [2.24, 2.45) is 5.73 Å². The Balaban J connectivity index is 1.87. The van der Waals surface area contributed by atoms with Crippen LogP contribution in [-0.2, 0) is 12.8 Å². The quantitative estimate of drug-likeness (QED) is 0.900. The first kappa shape index (κ1) is 13.6. The fourth-order valence-corrected chi connectivity index (χ4v) is 1.97. The van der Waals surface area contributed by atoms with Crippen molar-refractivity contribution in [2.45, 2.75) is 25.3 Å². The number of halogens is 2. The van der Waals surface area contributed by atoms with Crippen molar-refractivity contribution >= 4 is 0 Å². The molecule has 0 amide bonds. The lowest BCUT2D eigenvalue weighted by molar-refractivity contribution is 0.505. The van der Waals surface area contributed by atoms with Gasteiger partial charge in [-0.25, -0.2) is 8.78 Å². The van der Waals surface area contributed by atoms with E-state index in [0.29, 0.717) is 6.42 Å². The molecular weight excluding hydrogens is 246 g/mol. The van der Waals surface area contributed by atoms with Gasteiger partial charge in [-0.1, -0.05) is 12.1 Å². The third-order valence-electron chi connectivity index (χ3n) is 3.01. The third-order valence-corrected chi connectivity index (χ3v) is 3.01. The molecule has 2 N–H and O–H groups in total. The van der Waals surface area contributed by atoms with Crippen molar-refractivity contribution in [1.82, 2.24) is 4.98 Å². The second-order valence-electron chi connectivity index (χ2n) is 4.61.